The second-order valence-electron chi connectivity index (χ2n) is 4.97. The highest BCUT2D eigenvalue weighted by atomic mass is 19.1. The van der Waals surface area contributed by atoms with Crippen LogP contribution in [0.25, 0.3) is 0 Å². The summed E-state index contributed by atoms with van der Waals surface area (Å²) in [5.41, 5.74) is 0. The molecule has 1 unspecified atom stereocenters. The van der Waals surface area contributed by atoms with E-state index in [4.69, 9.17) is 0 Å². The summed E-state index contributed by atoms with van der Waals surface area (Å²) in [6.07, 6.45) is 1.21. The van der Waals surface area contributed by atoms with Crippen LogP contribution < -0.4 is 5.32 Å². The molecule has 0 spiro atoms. The summed E-state index contributed by atoms with van der Waals surface area (Å²) in [7, 11) is 0. The highest BCUT2D eigenvalue weighted by Crippen LogP contribution is 2.18. The van der Waals surface area contributed by atoms with Gasteiger partial charge in [-0.2, -0.15) is 4.39 Å². The molecule has 1 aromatic rings. The van der Waals surface area contributed by atoms with Crippen molar-refractivity contribution in [2.24, 2.45) is 5.92 Å². The van der Waals surface area contributed by atoms with E-state index in [0.717, 1.165) is 13.1 Å². The van der Waals surface area contributed by atoms with Crippen LogP contribution in [-0.4, -0.2) is 35.6 Å². The van der Waals surface area contributed by atoms with E-state index in [0.29, 0.717) is 17.8 Å². The van der Waals surface area contributed by atoms with Gasteiger partial charge in [-0.1, -0.05) is 6.07 Å². The number of rotatable bonds is 4. The lowest BCUT2D eigenvalue weighted by Crippen LogP contribution is -2.29. The first kappa shape index (κ1) is 12.3. The van der Waals surface area contributed by atoms with E-state index in [1.54, 1.807) is 12.1 Å². The van der Waals surface area contributed by atoms with Crippen molar-refractivity contribution >= 4 is 5.82 Å². The van der Waals surface area contributed by atoms with Gasteiger partial charge >= 0.3 is 0 Å². The van der Waals surface area contributed by atoms with E-state index in [2.05, 4.69) is 29.0 Å². The van der Waals surface area contributed by atoms with E-state index >= 15 is 0 Å². The second kappa shape index (κ2) is 5.45. The van der Waals surface area contributed by atoms with Crippen molar-refractivity contribution < 1.29 is 4.39 Å². The van der Waals surface area contributed by atoms with E-state index in [9.17, 15) is 4.39 Å². The van der Waals surface area contributed by atoms with Gasteiger partial charge in [0.2, 0.25) is 5.95 Å². The van der Waals surface area contributed by atoms with Gasteiger partial charge in [-0.15, -0.1) is 0 Å². The normalized spacial score (nSPS) is 21.1. The molecule has 2 heterocycles. The van der Waals surface area contributed by atoms with Gasteiger partial charge in [-0.25, -0.2) is 4.98 Å². The molecule has 3 nitrogen and oxygen atoms in total. The van der Waals surface area contributed by atoms with Crippen LogP contribution in [0.5, 0.6) is 0 Å². The van der Waals surface area contributed by atoms with Crippen LogP contribution in [0, 0.1) is 11.9 Å². The zero-order valence-corrected chi connectivity index (χ0v) is 10.5. The van der Waals surface area contributed by atoms with Gasteiger partial charge in [-0.3, -0.25) is 0 Å². The fourth-order valence-corrected chi connectivity index (χ4v) is 2.25. The second-order valence-corrected chi connectivity index (χ2v) is 4.97. The van der Waals surface area contributed by atoms with Crippen molar-refractivity contribution in [1.29, 1.82) is 0 Å². The minimum atomic E-state index is -0.426. The summed E-state index contributed by atoms with van der Waals surface area (Å²) in [4.78, 5) is 6.27. The first-order chi connectivity index (χ1) is 8.15. The Labute approximate surface area is 102 Å². The molecule has 0 saturated carbocycles. The van der Waals surface area contributed by atoms with Crippen molar-refractivity contribution in [2.75, 3.05) is 25.0 Å². The Balaban J connectivity index is 1.80. The molecule has 4 heteroatoms. The van der Waals surface area contributed by atoms with Crippen LogP contribution in [-0.2, 0) is 0 Å². The molecule has 17 heavy (non-hydrogen) atoms. The monoisotopic (exact) mass is 237 g/mol. The van der Waals surface area contributed by atoms with Crippen molar-refractivity contribution in [2.45, 2.75) is 26.3 Å². The number of likely N-dealkylation sites (tertiary alicyclic amines) is 1. The molecular weight excluding hydrogens is 217 g/mol. The fourth-order valence-electron chi connectivity index (χ4n) is 2.25. The van der Waals surface area contributed by atoms with Crippen LogP contribution in [0.1, 0.15) is 20.3 Å². The lowest BCUT2D eigenvalue weighted by atomic mass is 10.1. The lowest BCUT2D eigenvalue weighted by molar-refractivity contribution is 0.266. The summed E-state index contributed by atoms with van der Waals surface area (Å²) in [5.74, 6) is 0.848. The number of anilines is 1. The average molecular weight is 237 g/mol. The fraction of sp³-hybridized carbons (Fsp3) is 0.615. The molecule has 1 aliphatic heterocycles. The van der Waals surface area contributed by atoms with E-state index in [1.165, 1.54) is 19.0 Å². The van der Waals surface area contributed by atoms with Crippen molar-refractivity contribution in [3.8, 4) is 0 Å². The Morgan fingerprint density at radius 1 is 1.53 bits per heavy atom. The number of hydrogen-bond donors (Lipinski definition) is 1. The maximum Gasteiger partial charge on any atom is 0.214 e. The predicted molar refractivity (Wildman–Crippen MR) is 67.5 cm³/mol. The number of nitrogens with zero attached hydrogens (tertiary/aromatic N) is 2. The molecule has 1 aromatic heterocycles. The van der Waals surface area contributed by atoms with E-state index in [1.807, 2.05) is 0 Å². The molecule has 0 aromatic carbocycles. The van der Waals surface area contributed by atoms with Crippen LogP contribution in [0.4, 0.5) is 10.2 Å². The van der Waals surface area contributed by atoms with Crippen molar-refractivity contribution in [1.82, 2.24) is 9.88 Å². The van der Waals surface area contributed by atoms with Gasteiger partial charge in [0.05, 0.1) is 0 Å². The highest BCUT2D eigenvalue weighted by molar-refractivity contribution is 5.33. The average Bonchev–Trinajstić information content (AvgIpc) is 2.75. The first-order valence-corrected chi connectivity index (χ1v) is 6.25. The van der Waals surface area contributed by atoms with Crippen LogP contribution in [0.2, 0.25) is 0 Å². The third kappa shape index (κ3) is 3.40. The Morgan fingerprint density at radius 2 is 2.35 bits per heavy atom. The zero-order chi connectivity index (χ0) is 12.3. The number of hydrogen-bond acceptors (Lipinski definition) is 3. The lowest BCUT2D eigenvalue weighted by Gasteiger charge is -2.20. The first-order valence-electron chi connectivity index (χ1n) is 6.25. The van der Waals surface area contributed by atoms with Crippen LogP contribution in [0.15, 0.2) is 18.2 Å². The SMILES string of the molecule is CC(C)N1CCC(CNc2cccc(F)n2)C1. The third-order valence-corrected chi connectivity index (χ3v) is 3.33. The Bertz CT molecular complexity index is 367. The molecule has 1 aliphatic rings. The topological polar surface area (TPSA) is 28.2 Å². The summed E-state index contributed by atoms with van der Waals surface area (Å²) in [6, 6.07) is 5.46. The molecule has 0 aliphatic carbocycles. The Hall–Kier alpha value is -1.16. The highest BCUT2D eigenvalue weighted by Gasteiger charge is 2.23. The Kier molecular flexibility index (Phi) is 3.94. The number of pyridine rings is 1. The van der Waals surface area contributed by atoms with Gasteiger partial charge in [0.15, 0.2) is 0 Å². The van der Waals surface area contributed by atoms with Gasteiger partial charge in [0.1, 0.15) is 5.82 Å². The summed E-state index contributed by atoms with van der Waals surface area (Å²) < 4.78 is 12.9. The standard InChI is InChI=1S/C13H20FN3/c1-10(2)17-7-6-11(9-17)8-15-13-5-3-4-12(14)16-13/h3-5,10-11H,6-9H2,1-2H3,(H,15,16). The molecular formula is C13H20FN3. The number of halogens is 1. The van der Waals surface area contributed by atoms with Crippen LogP contribution >= 0.6 is 0 Å². The molecule has 1 fully saturated rings. The quantitative estimate of drug-likeness (QED) is 0.815. The molecule has 0 bridgehead atoms. The molecule has 1 N–H and O–H groups in total. The number of nitrogens with one attached hydrogen (secondary N) is 1. The molecule has 1 atom stereocenters. The third-order valence-electron chi connectivity index (χ3n) is 3.33. The van der Waals surface area contributed by atoms with Crippen molar-refractivity contribution in [3.05, 3.63) is 24.1 Å². The van der Waals surface area contributed by atoms with Crippen LogP contribution in [0.3, 0.4) is 0 Å². The maximum atomic E-state index is 12.9. The van der Waals surface area contributed by atoms with E-state index < -0.39 is 5.95 Å². The largest absolute Gasteiger partial charge is 0.370 e. The van der Waals surface area contributed by atoms with Crippen molar-refractivity contribution in [3.63, 3.8) is 0 Å². The maximum absolute atomic E-state index is 12.9. The molecule has 0 radical (unpaired) electrons. The summed E-state index contributed by atoms with van der Waals surface area (Å²) >= 11 is 0. The minimum Gasteiger partial charge on any atom is -0.370 e. The van der Waals surface area contributed by atoms with Gasteiger partial charge in [-0.05, 0) is 44.9 Å². The molecule has 1 saturated heterocycles. The molecule has 0 amide bonds. The zero-order valence-electron chi connectivity index (χ0n) is 10.5. The minimum absolute atomic E-state index is 0.426. The number of aromatic nitrogens is 1. The summed E-state index contributed by atoms with van der Waals surface area (Å²) in [5, 5.41) is 3.21. The van der Waals surface area contributed by atoms with Gasteiger partial charge in [0.25, 0.3) is 0 Å². The van der Waals surface area contributed by atoms with Gasteiger partial charge < -0.3 is 10.2 Å². The molecule has 94 valence electrons. The molecule has 2 rings (SSSR count). The van der Waals surface area contributed by atoms with Gasteiger partial charge in [0, 0.05) is 19.1 Å². The van der Waals surface area contributed by atoms with E-state index in [-0.39, 0.29) is 0 Å². The summed E-state index contributed by atoms with van der Waals surface area (Å²) in [6.45, 7) is 7.62. The Morgan fingerprint density at radius 3 is 3.00 bits per heavy atom. The predicted octanol–water partition coefficient (Wildman–Crippen LogP) is 2.36. The smallest absolute Gasteiger partial charge is 0.214 e.